The highest BCUT2D eigenvalue weighted by Crippen LogP contribution is 2.28. The van der Waals surface area contributed by atoms with E-state index in [1.54, 1.807) is 0 Å². The molecule has 0 aliphatic rings. The SMILES string of the molecule is CC(C)(C)c1ccc(-c2csc(NC(=O)c3nccnc3N)n2)cc1. The molecule has 0 aliphatic carbocycles. The number of hydrogen-bond donors (Lipinski definition) is 2. The number of amides is 1. The number of anilines is 2. The van der Waals surface area contributed by atoms with Crippen LogP contribution in [0.5, 0.6) is 0 Å². The number of nitrogen functional groups attached to an aromatic ring is 1. The Morgan fingerprint density at radius 2 is 1.80 bits per heavy atom. The zero-order valence-electron chi connectivity index (χ0n) is 14.3. The lowest BCUT2D eigenvalue weighted by molar-refractivity contribution is 0.102. The van der Waals surface area contributed by atoms with E-state index in [1.807, 2.05) is 17.5 Å². The van der Waals surface area contributed by atoms with Gasteiger partial charge in [-0.15, -0.1) is 11.3 Å². The molecule has 3 aromatic rings. The Morgan fingerprint density at radius 3 is 2.44 bits per heavy atom. The Hall–Kier alpha value is -2.80. The molecule has 0 fully saturated rings. The average molecular weight is 353 g/mol. The molecule has 25 heavy (non-hydrogen) atoms. The van der Waals surface area contributed by atoms with Gasteiger partial charge in [-0.2, -0.15) is 0 Å². The van der Waals surface area contributed by atoms with Crippen LogP contribution in [0, 0.1) is 0 Å². The number of benzene rings is 1. The van der Waals surface area contributed by atoms with E-state index in [4.69, 9.17) is 5.73 Å². The maximum absolute atomic E-state index is 12.2. The highest BCUT2D eigenvalue weighted by Gasteiger charge is 2.16. The molecule has 0 saturated heterocycles. The quantitative estimate of drug-likeness (QED) is 0.748. The summed E-state index contributed by atoms with van der Waals surface area (Å²) in [7, 11) is 0. The van der Waals surface area contributed by atoms with Gasteiger partial charge in [0.15, 0.2) is 16.6 Å². The molecule has 1 amide bonds. The van der Waals surface area contributed by atoms with E-state index in [9.17, 15) is 4.79 Å². The van der Waals surface area contributed by atoms with Crippen molar-refractivity contribution in [3.63, 3.8) is 0 Å². The van der Waals surface area contributed by atoms with Crippen molar-refractivity contribution in [1.29, 1.82) is 0 Å². The van der Waals surface area contributed by atoms with Gasteiger partial charge < -0.3 is 5.73 Å². The van der Waals surface area contributed by atoms with Gasteiger partial charge >= 0.3 is 0 Å². The molecule has 0 spiro atoms. The lowest BCUT2D eigenvalue weighted by Crippen LogP contribution is -2.16. The van der Waals surface area contributed by atoms with Crippen molar-refractivity contribution in [3.8, 4) is 11.3 Å². The van der Waals surface area contributed by atoms with Gasteiger partial charge in [-0.25, -0.2) is 15.0 Å². The van der Waals surface area contributed by atoms with Crippen molar-refractivity contribution in [2.45, 2.75) is 26.2 Å². The van der Waals surface area contributed by atoms with E-state index in [0.717, 1.165) is 11.3 Å². The average Bonchev–Trinajstić information content (AvgIpc) is 3.03. The highest BCUT2D eigenvalue weighted by molar-refractivity contribution is 7.14. The molecule has 0 atom stereocenters. The lowest BCUT2D eigenvalue weighted by atomic mass is 9.86. The number of nitrogens with one attached hydrogen (secondary N) is 1. The molecule has 0 aliphatic heterocycles. The monoisotopic (exact) mass is 353 g/mol. The molecule has 2 aromatic heterocycles. The number of carbonyl (C=O) groups excluding carboxylic acids is 1. The van der Waals surface area contributed by atoms with Crippen molar-refractivity contribution >= 4 is 28.2 Å². The molecule has 3 rings (SSSR count). The van der Waals surface area contributed by atoms with Crippen molar-refractivity contribution < 1.29 is 4.79 Å². The predicted molar refractivity (Wildman–Crippen MR) is 101 cm³/mol. The Labute approximate surface area is 150 Å². The van der Waals surface area contributed by atoms with Gasteiger partial charge in [0.2, 0.25) is 0 Å². The van der Waals surface area contributed by atoms with Gasteiger partial charge in [0, 0.05) is 23.3 Å². The summed E-state index contributed by atoms with van der Waals surface area (Å²) in [6.45, 7) is 6.53. The minimum absolute atomic E-state index is 0.0915. The molecule has 128 valence electrons. The molecule has 7 heteroatoms. The number of carbonyl (C=O) groups is 1. The van der Waals surface area contributed by atoms with E-state index in [2.05, 4.69) is 53.2 Å². The number of nitrogens with two attached hydrogens (primary N) is 1. The smallest absolute Gasteiger partial charge is 0.279 e. The number of hydrogen-bond acceptors (Lipinski definition) is 6. The zero-order valence-corrected chi connectivity index (χ0v) is 15.1. The third-order valence-corrected chi connectivity index (χ3v) is 4.47. The van der Waals surface area contributed by atoms with Crippen molar-refractivity contribution in [2.75, 3.05) is 11.1 Å². The molecule has 0 radical (unpaired) electrons. The first-order valence-electron chi connectivity index (χ1n) is 7.79. The summed E-state index contributed by atoms with van der Waals surface area (Å²) in [6.07, 6.45) is 2.87. The summed E-state index contributed by atoms with van der Waals surface area (Å²) in [6, 6.07) is 8.30. The van der Waals surface area contributed by atoms with Crippen LogP contribution in [0.4, 0.5) is 10.9 Å². The van der Waals surface area contributed by atoms with Crippen molar-refractivity contribution in [3.05, 3.63) is 53.3 Å². The topological polar surface area (TPSA) is 93.8 Å². The second-order valence-electron chi connectivity index (χ2n) is 6.61. The van der Waals surface area contributed by atoms with E-state index in [1.165, 1.54) is 29.3 Å². The molecule has 6 nitrogen and oxygen atoms in total. The van der Waals surface area contributed by atoms with Crippen molar-refractivity contribution in [1.82, 2.24) is 15.0 Å². The Bertz CT molecular complexity index is 896. The minimum Gasteiger partial charge on any atom is -0.382 e. The Balaban J connectivity index is 1.76. The largest absolute Gasteiger partial charge is 0.382 e. The maximum atomic E-state index is 12.2. The van der Waals surface area contributed by atoms with Gasteiger partial charge in [-0.05, 0) is 11.0 Å². The fourth-order valence-electron chi connectivity index (χ4n) is 2.28. The molecule has 3 N–H and O–H groups in total. The number of nitrogens with zero attached hydrogens (tertiary/aromatic N) is 3. The maximum Gasteiger partial charge on any atom is 0.279 e. The highest BCUT2D eigenvalue weighted by atomic mass is 32.1. The van der Waals surface area contributed by atoms with Crippen molar-refractivity contribution in [2.24, 2.45) is 0 Å². The van der Waals surface area contributed by atoms with Gasteiger partial charge in [-0.1, -0.05) is 45.0 Å². The van der Waals surface area contributed by atoms with Gasteiger partial charge in [0.05, 0.1) is 5.69 Å². The standard InChI is InChI=1S/C18H19N5OS/c1-18(2,3)12-6-4-11(5-7-12)13-10-25-17(22-13)23-16(24)14-15(19)21-9-8-20-14/h4-10H,1-3H3,(H2,19,21)(H,22,23,24). The lowest BCUT2D eigenvalue weighted by Gasteiger charge is -2.18. The molecule has 2 heterocycles. The summed E-state index contributed by atoms with van der Waals surface area (Å²) in [5.74, 6) is -0.330. The van der Waals surface area contributed by atoms with Crippen LogP contribution in [0.2, 0.25) is 0 Å². The molecule has 0 unspecified atom stereocenters. The van der Waals surface area contributed by atoms with Crippen LogP contribution in [0.25, 0.3) is 11.3 Å². The summed E-state index contributed by atoms with van der Waals surface area (Å²) >= 11 is 1.35. The van der Waals surface area contributed by atoms with Crippen LogP contribution >= 0.6 is 11.3 Å². The van der Waals surface area contributed by atoms with E-state index in [0.29, 0.717) is 5.13 Å². The third-order valence-electron chi connectivity index (χ3n) is 3.71. The Kier molecular flexibility index (Phi) is 4.50. The molecule has 0 bridgehead atoms. The van der Waals surface area contributed by atoms with Crippen LogP contribution in [-0.2, 0) is 5.41 Å². The zero-order chi connectivity index (χ0) is 18.0. The molecular weight excluding hydrogens is 334 g/mol. The molecule has 1 aromatic carbocycles. The summed E-state index contributed by atoms with van der Waals surface area (Å²) in [4.78, 5) is 24.5. The summed E-state index contributed by atoms with van der Waals surface area (Å²) < 4.78 is 0. The van der Waals surface area contributed by atoms with Gasteiger partial charge in [0.25, 0.3) is 5.91 Å². The van der Waals surface area contributed by atoms with Gasteiger partial charge in [0.1, 0.15) is 0 Å². The van der Waals surface area contributed by atoms with Crippen LogP contribution in [-0.4, -0.2) is 20.9 Å². The van der Waals surface area contributed by atoms with E-state index >= 15 is 0 Å². The predicted octanol–water partition coefficient (Wildman–Crippen LogP) is 3.73. The van der Waals surface area contributed by atoms with Crippen LogP contribution < -0.4 is 11.1 Å². The van der Waals surface area contributed by atoms with Gasteiger partial charge in [-0.3, -0.25) is 10.1 Å². The summed E-state index contributed by atoms with van der Waals surface area (Å²) in [5.41, 5.74) is 8.95. The molecular formula is C18H19N5OS. The minimum atomic E-state index is -0.422. The fraction of sp³-hybridized carbons (Fsp3) is 0.222. The Morgan fingerprint density at radius 1 is 1.12 bits per heavy atom. The first-order chi connectivity index (χ1) is 11.8. The van der Waals surface area contributed by atoms with Crippen LogP contribution in [0.3, 0.4) is 0 Å². The fourth-order valence-corrected chi connectivity index (χ4v) is 3.00. The number of rotatable bonds is 3. The number of thiazole rings is 1. The normalized spacial score (nSPS) is 11.3. The first kappa shape index (κ1) is 17.0. The van der Waals surface area contributed by atoms with E-state index in [-0.39, 0.29) is 16.9 Å². The second kappa shape index (κ2) is 6.60. The van der Waals surface area contributed by atoms with E-state index < -0.39 is 5.91 Å². The first-order valence-corrected chi connectivity index (χ1v) is 8.67. The summed E-state index contributed by atoms with van der Waals surface area (Å²) in [5, 5.41) is 5.11. The third kappa shape index (κ3) is 3.83. The molecule has 0 saturated carbocycles. The second-order valence-corrected chi connectivity index (χ2v) is 7.47. The van der Waals surface area contributed by atoms with Crippen LogP contribution in [0.1, 0.15) is 36.8 Å². The number of aromatic nitrogens is 3. The van der Waals surface area contributed by atoms with Crippen LogP contribution in [0.15, 0.2) is 42.0 Å².